The molecule has 9 heteroatoms. The Labute approximate surface area is 162 Å². The molecule has 0 bridgehead atoms. The Bertz CT molecular complexity index is 829. The first-order valence-electron chi connectivity index (χ1n) is 8.85. The summed E-state index contributed by atoms with van der Waals surface area (Å²) in [5.41, 5.74) is 1.31. The molecule has 154 valence electrons. The highest BCUT2D eigenvalue weighted by Crippen LogP contribution is 2.33. The van der Waals surface area contributed by atoms with Crippen LogP contribution in [0.15, 0.2) is 29.3 Å². The minimum Gasteiger partial charge on any atom is -0.383 e. The van der Waals surface area contributed by atoms with Gasteiger partial charge in [0.25, 0.3) is 0 Å². The first-order chi connectivity index (χ1) is 13.2. The monoisotopic (exact) mass is 397 g/mol. The maximum Gasteiger partial charge on any atom is 0.416 e. The number of benzene rings is 1. The lowest BCUT2D eigenvalue weighted by molar-refractivity contribution is -0.138. The fraction of sp³-hybridized carbons (Fsp3) is 0.474. The Morgan fingerprint density at radius 1 is 1.29 bits per heavy atom. The van der Waals surface area contributed by atoms with Gasteiger partial charge in [0, 0.05) is 32.4 Å². The zero-order valence-electron chi connectivity index (χ0n) is 16.7. The number of guanidine groups is 1. The number of ether oxygens (including phenoxy) is 1. The number of hydrogen-bond donors (Lipinski definition) is 2. The molecule has 0 amide bonds. The van der Waals surface area contributed by atoms with Crippen LogP contribution in [0, 0.1) is 13.8 Å². The maximum atomic E-state index is 13.6. The van der Waals surface area contributed by atoms with Crippen LogP contribution in [0.3, 0.4) is 0 Å². The summed E-state index contributed by atoms with van der Waals surface area (Å²) < 4.78 is 47.5. The van der Waals surface area contributed by atoms with E-state index in [9.17, 15) is 13.2 Å². The van der Waals surface area contributed by atoms with Crippen molar-refractivity contribution < 1.29 is 17.9 Å². The number of rotatable bonds is 6. The van der Waals surface area contributed by atoms with Crippen LogP contribution in [-0.4, -0.2) is 42.5 Å². The molecule has 0 saturated heterocycles. The van der Waals surface area contributed by atoms with E-state index in [1.165, 1.54) is 10.7 Å². The number of aryl methyl sites for hydroxylation is 2. The second-order valence-corrected chi connectivity index (χ2v) is 6.60. The molecular formula is C19H26F3N5O. The third-order valence-corrected chi connectivity index (χ3v) is 4.12. The molecule has 0 aliphatic carbocycles. The Hall–Kier alpha value is -2.55. The molecular weight excluding hydrogens is 371 g/mol. The van der Waals surface area contributed by atoms with E-state index in [1.807, 2.05) is 13.0 Å². The van der Waals surface area contributed by atoms with Crippen LogP contribution in [0.25, 0.3) is 5.69 Å². The Kier molecular flexibility index (Phi) is 7.06. The van der Waals surface area contributed by atoms with Gasteiger partial charge in [-0.1, -0.05) is 6.07 Å². The summed E-state index contributed by atoms with van der Waals surface area (Å²) in [7, 11) is 3.14. The predicted octanol–water partition coefficient (Wildman–Crippen LogP) is 3.21. The number of nitrogens with one attached hydrogen (secondary N) is 2. The Balaban J connectivity index is 2.25. The number of alkyl halides is 3. The average Bonchev–Trinajstić information content (AvgIpc) is 2.96. The lowest BCUT2D eigenvalue weighted by Crippen LogP contribution is -2.43. The molecule has 0 saturated carbocycles. The van der Waals surface area contributed by atoms with Gasteiger partial charge in [0.05, 0.1) is 23.6 Å². The lowest BCUT2D eigenvalue weighted by Gasteiger charge is -2.19. The third kappa shape index (κ3) is 5.48. The van der Waals surface area contributed by atoms with Gasteiger partial charge in [-0.25, -0.2) is 4.68 Å². The topological polar surface area (TPSA) is 63.5 Å². The summed E-state index contributed by atoms with van der Waals surface area (Å²) in [4.78, 5) is 4.04. The smallest absolute Gasteiger partial charge is 0.383 e. The number of hydrogen-bond acceptors (Lipinski definition) is 3. The zero-order valence-corrected chi connectivity index (χ0v) is 16.7. The Morgan fingerprint density at radius 3 is 2.54 bits per heavy atom. The van der Waals surface area contributed by atoms with Gasteiger partial charge in [0.15, 0.2) is 5.96 Å². The standard InChI is InChI=1S/C19H26F3N5O/c1-12-8-14(3)27(26-12)16-7-6-15(17(9-16)19(20,21)22)10-24-18(23-4)25-13(2)11-28-5/h6-9,13H,10-11H2,1-5H3,(H2,23,24,25). The van der Waals surface area contributed by atoms with Crippen LogP contribution >= 0.6 is 0 Å². The van der Waals surface area contributed by atoms with Gasteiger partial charge in [-0.2, -0.15) is 18.3 Å². The van der Waals surface area contributed by atoms with Gasteiger partial charge in [0.2, 0.25) is 0 Å². The normalized spacial score (nSPS) is 13.5. The van der Waals surface area contributed by atoms with Crippen molar-refractivity contribution in [2.45, 2.75) is 39.5 Å². The van der Waals surface area contributed by atoms with E-state index in [2.05, 4.69) is 20.7 Å². The largest absolute Gasteiger partial charge is 0.416 e. The Morgan fingerprint density at radius 2 is 2.00 bits per heavy atom. The molecule has 28 heavy (non-hydrogen) atoms. The van der Waals surface area contributed by atoms with Crippen molar-refractivity contribution in [1.29, 1.82) is 0 Å². The molecule has 1 unspecified atom stereocenters. The van der Waals surface area contributed by atoms with E-state index < -0.39 is 11.7 Å². The fourth-order valence-corrected chi connectivity index (χ4v) is 2.90. The van der Waals surface area contributed by atoms with Crippen LogP contribution in [0.1, 0.15) is 29.4 Å². The molecule has 1 heterocycles. The van der Waals surface area contributed by atoms with Gasteiger partial charge >= 0.3 is 6.18 Å². The van der Waals surface area contributed by atoms with E-state index in [0.29, 0.717) is 18.3 Å². The number of halogens is 3. The van der Waals surface area contributed by atoms with Crippen molar-refractivity contribution in [2.24, 2.45) is 4.99 Å². The second kappa shape index (κ2) is 9.09. The van der Waals surface area contributed by atoms with Crippen molar-refractivity contribution in [3.63, 3.8) is 0 Å². The molecule has 1 aromatic carbocycles. The summed E-state index contributed by atoms with van der Waals surface area (Å²) >= 11 is 0. The van der Waals surface area contributed by atoms with E-state index >= 15 is 0 Å². The molecule has 2 aromatic rings. The summed E-state index contributed by atoms with van der Waals surface area (Å²) in [6.07, 6.45) is -4.48. The van der Waals surface area contributed by atoms with Gasteiger partial charge < -0.3 is 15.4 Å². The van der Waals surface area contributed by atoms with Gasteiger partial charge in [-0.05, 0) is 44.5 Å². The van der Waals surface area contributed by atoms with Crippen molar-refractivity contribution in [2.75, 3.05) is 20.8 Å². The van der Waals surface area contributed by atoms with Crippen molar-refractivity contribution in [3.05, 3.63) is 46.8 Å². The summed E-state index contributed by atoms with van der Waals surface area (Å²) in [5.74, 6) is 0.403. The number of aliphatic imine (C=N–C) groups is 1. The van der Waals surface area contributed by atoms with E-state index in [4.69, 9.17) is 4.74 Å². The lowest BCUT2D eigenvalue weighted by atomic mass is 10.1. The molecule has 0 spiro atoms. The van der Waals surface area contributed by atoms with Crippen molar-refractivity contribution >= 4 is 5.96 Å². The third-order valence-electron chi connectivity index (χ3n) is 4.12. The van der Waals surface area contributed by atoms with E-state index in [1.54, 1.807) is 34.1 Å². The van der Waals surface area contributed by atoms with Gasteiger partial charge in [-0.15, -0.1) is 0 Å². The second-order valence-electron chi connectivity index (χ2n) is 6.60. The SMILES string of the molecule is CN=C(NCc1ccc(-n2nc(C)cc2C)cc1C(F)(F)F)NC(C)COC. The highest BCUT2D eigenvalue weighted by Gasteiger charge is 2.34. The van der Waals surface area contributed by atoms with Gasteiger partial charge in [-0.3, -0.25) is 4.99 Å². The maximum absolute atomic E-state index is 13.6. The first kappa shape index (κ1) is 21.7. The fourth-order valence-electron chi connectivity index (χ4n) is 2.90. The van der Waals surface area contributed by atoms with Crippen LogP contribution in [0.2, 0.25) is 0 Å². The molecule has 1 atom stereocenters. The first-order valence-corrected chi connectivity index (χ1v) is 8.85. The molecule has 1 aromatic heterocycles. The van der Waals surface area contributed by atoms with Crippen molar-refractivity contribution in [3.8, 4) is 5.69 Å². The van der Waals surface area contributed by atoms with Crippen LogP contribution < -0.4 is 10.6 Å². The summed E-state index contributed by atoms with van der Waals surface area (Å²) in [5, 5.41) is 10.2. The van der Waals surface area contributed by atoms with Crippen LogP contribution in [0.5, 0.6) is 0 Å². The highest BCUT2D eigenvalue weighted by atomic mass is 19.4. The quantitative estimate of drug-likeness (QED) is 0.580. The molecule has 0 aliphatic heterocycles. The van der Waals surface area contributed by atoms with Crippen molar-refractivity contribution in [1.82, 2.24) is 20.4 Å². The molecule has 6 nitrogen and oxygen atoms in total. The summed E-state index contributed by atoms with van der Waals surface area (Å²) in [6.45, 7) is 5.92. The highest BCUT2D eigenvalue weighted by molar-refractivity contribution is 5.80. The number of methoxy groups -OCH3 is 1. The summed E-state index contributed by atoms with van der Waals surface area (Å²) in [6, 6.07) is 6.01. The zero-order chi connectivity index (χ0) is 20.9. The van der Waals surface area contributed by atoms with Gasteiger partial charge in [0.1, 0.15) is 0 Å². The van der Waals surface area contributed by atoms with Crippen LogP contribution in [0.4, 0.5) is 13.2 Å². The number of aromatic nitrogens is 2. The molecule has 0 aliphatic rings. The molecule has 0 fully saturated rings. The minimum absolute atomic E-state index is 0.0222. The molecule has 0 radical (unpaired) electrons. The van der Waals surface area contributed by atoms with E-state index in [0.717, 1.165) is 17.5 Å². The number of nitrogens with zero attached hydrogens (tertiary/aromatic N) is 3. The molecule has 2 N–H and O–H groups in total. The molecule has 2 rings (SSSR count). The van der Waals surface area contributed by atoms with E-state index in [-0.39, 0.29) is 18.2 Å². The average molecular weight is 397 g/mol. The minimum atomic E-state index is -4.48. The predicted molar refractivity (Wildman–Crippen MR) is 103 cm³/mol. The van der Waals surface area contributed by atoms with Crippen LogP contribution in [-0.2, 0) is 17.5 Å².